The van der Waals surface area contributed by atoms with Gasteiger partial charge in [-0.25, -0.2) is 0 Å². The highest BCUT2D eigenvalue weighted by molar-refractivity contribution is 5.60. The Balaban J connectivity index is 2.53. The number of azo groups is 1. The molecule has 2 rings (SSSR count). The van der Waals surface area contributed by atoms with Gasteiger partial charge in [-0.15, -0.1) is 10.2 Å². The van der Waals surface area contributed by atoms with Crippen LogP contribution in [-0.4, -0.2) is 6.61 Å². The third-order valence-electron chi connectivity index (χ3n) is 4.05. The van der Waals surface area contributed by atoms with Gasteiger partial charge in [-0.05, 0) is 56.4 Å². The largest absolute Gasteiger partial charge is 0.494 e. The molecule has 0 aliphatic carbocycles. The molecule has 0 saturated heterocycles. The molecule has 0 fully saturated rings. The number of ether oxygens (including phenoxy) is 1. The minimum atomic E-state index is 0.659. The quantitative estimate of drug-likeness (QED) is 0.581. The highest BCUT2D eigenvalue weighted by atomic mass is 16.5. The molecule has 0 radical (unpaired) electrons. The van der Waals surface area contributed by atoms with Crippen molar-refractivity contribution in [3.05, 3.63) is 52.6 Å². The second-order valence-electron chi connectivity index (χ2n) is 5.63. The van der Waals surface area contributed by atoms with Crippen LogP contribution in [0.15, 0.2) is 40.6 Å². The van der Waals surface area contributed by atoms with Crippen molar-refractivity contribution in [2.75, 3.05) is 6.61 Å². The predicted octanol–water partition coefficient (Wildman–Crippen LogP) is 6.24. The van der Waals surface area contributed by atoms with Gasteiger partial charge in [-0.3, -0.25) is 0 Å². The van der Waals surface area contributed by atoms with Crippen molar-refractivity contribution in [2.45, 2.75) is 47.5 Å². The van der Waals surface area contributed by atoms with Crippen LogP contribution in [0.1, 0.15) is 43.0 Å². The van der Waals surface area contributed by atoms with Crippen molar-refractivity contribution in [1.29, 1.82) is 0 Å². The predicted molar refractivity (Wildman–Crippen MR) is 96.5 cm³/mol. The molecule has 0 N–H and O–H groups in total. The fourth-order valence-corrected chi connectivity index (χ4v) is 2.77. The molecule has 3 heteroatoms. The molecule has 2 aromatic carbocycles. The monoisotopic (exact) mass is 310 g/mol. The molecular weight excluding hydrogens is 284 g/mol. The van der Waals surface area contributed by atoms with E-state index in [0.717, 1.165) is 46.7 Å². The van der Waals surface area contributed by atoms with E-state index in [1.807, 2.05) is 13.0 Å². The molecule has 0 saturated carbocycles. The first kappa shape index (κ1) is 17.2. The number of benzene rings is 2. The summed E-state index contributed by atoms with van der Waals surface area (Å²) in [7, 11) is 0. The summed E-state index contributed by atoms with van der Waals surface area (Å²) in [5, 5.41) is 9.19. The average Bonchev–Trinajstić information content (AvgIpc) is 2.54. The van der Waals surface area contributed by atoms with Gasteiger partial charge in [0.05, 0.1) is 18.0 Å². The first-order chi connectivity index (χ1) is 11.1. The van der Waals surface area contributed by atoms with Crippen LogP contribution in [0.4, 0.5) is 11.4 Å². The van der Waals surface area contributed by atoms with E-state index in [2.05, 4.69) is 62.2 Å². The van der Waals surface area contributed by atoms with E-state index in [4.69, 9.17) is 4.74 Å². The summed E-state index contributed by atoms with van der Waals surface area (Å²) in [5.41, 5.74) is 6.56. The van der Waals surface area contributed by atoms with Crippen LogP contribution in [0, 0.1) is 13.8 Å². The van der Waals surface area contributed by atoms with E-state index < -0.39 is 0 Å². The second-order valence-corrected chi connectivity index (χ2v) is 5.63. The average molecular weight is 310 g/mol. The number of rotatable bonds is 6. The summed E-state index contributed by atoms with van der Waals surface area (Å²) in [6, 6.07) is 10.3. The Morgan fingerprint density at radius 1 is 0.826 bits per heavy atom. The van der Waals surface area contributed by atoms with E-state index in [1.54, 1.807) is 0 Å². The molecule has 0 atom stereocenters. The Kier molecular flexibility index (Phi) is 5.91. The molecule has 2 aromatic rings. The van der Waals surface area contributed by atoms with E-state index >= 15 is 0 Å². The Morgan fingerprint density at radius 3 is 2.04 bits per heavy atom. The van der Waals surface area contributed by atoms with Crippen LogP contribution in [0.3, 0.4) is 0 Å². The minimum absolute atomic E-state index is 0.659. The Hall–Kier alpha value is -2.16. The summed E-state index contributed by atoms with van der Waals surface area (Å²) in [5.74, 6) is 0.919. The molecular formula is C20H26N2O. The molecule has 0 unspecified atom stereocenters. The van der Waals surface area contributed by atoms with Crippen LogP contribution in [0.25, 0.3) is 0 Å². The lowest BCUT2D eigenvalue weighted by atomic mass is 10.0. The standard InChI is InChI=1S/C20H26N2O/c1-6-16-12-13-18(23-8-3)17(7-2)20(16)22-21-19-14(4)10-9-11-15(19)5/h9-13H,6-8H2,1-5H3. The molecule has 0 aliphatic heterocycles. The maximum atomic E-state index is 5.77. The Morgan fingerprint density at radius 2 is 1.48 bits per heavy atom. The molecule has 0 bridgehead atoms. The third kappa shape index (κ3) is 3.79. The summed E-state index contributed by atoms with van der Waals surface area (Å²) in [6.45, 7) is 11.1. The van der Waals surface area contributed by atoms with Gasteiger partial charge in [0.2, 0.25) is 0 Å². The van der Waals surface area contributed by atoms with Crippen molar-refractivity contribution in [2.24, 2.45) is 10.2 Å². The zero-order valence-corrected chi connectivity index (χ0v) is 14.8. The number of hydrogen-bond donors (Lipinski definition) is 0. The molecule has 0 aromatic heterocycles. The summed E-state index contributed by atoms with van der Waals surface area (Å²) < 4.78 is 5.77. The molecule has 3 nitrogen and oxygen atoms in total. The van der Waals surface area contributed by atoms with E-state index in [-0.39, 0.29) is 0 Å². The number of nitrogens with zero attached hydrogens (tertiary/aromatic N) is 2. The van der Waals surface area contributed by atoms with Crippen LogP contribution in [-0.2, 0) is 12.8 Å². The van der Waals surface area contributed by atoms with Gasteiger partial charge in [0.1, 0.15) is 5.75 Å². The van der Waals surface area contributed by atoms with Crippen molar-refractivity contribution < 1.29 is 4.74 Å². The number of hydrogen-bond acceptors (Lipinski definition) is 3. The summed E-state index contributed by atoms with van der Waals surface area (Å²) in [4.78, 5) is 0. The van der Waals surface area contributed by atoms with Crippen LogP contribution >= 0.6 is 0 Å². The molecule has 0 heterocycles. The van der Waals surface area contributed by atoms with Crippen LogP contribution in [0.2, 0.25) is 0 Å². The van der Waals surface area contributed by atoms with Crippen molar-refractivity contribution in [3.63, 3.8) is 0 Å². The summed E-state index contributed by atoms with van der Waals surface area (Å²) >= 11 is 0. The highest BCUT2D eigenvalue weighted by Gasteiger charge is 2.12. The molecule has 0 spiro atoms. The van der Waals surface area contributed by atoms with Crippen molar-refractivity contribution >= 4 is 11.4 Å². The zero-order valence-electron chi connectivity index (χ0n) is 14.8. The van der Waals surface area contributed by atoms with Gasteiger partial charge < -0.3 is 4.74 Å². The smallest absolute Gasteiger partial charge is 0.124 e. The maximum absolute atomic E-state index is 5.77. The third-order valence-corrected chi connectivity index (χ3v) is 4.05. The lowest BCUT2D eigenvalue weighted by molar-refractivity contribution is 0.337. The first-order valence-electron chi connectivity index (χ1n) is 8.37. The maximum Gasteiger partial charge on any atom is 0.124 e. The molecule has 0 aliphatic rings. The van der Waals surface area contributed by atoms with Gasteiger partial charge >= 0.3 is 0 Å². The van der Waals surface area contributed by atoms with Gasteiger partial charge in [0.15, 0.2) is 0 Å². The molecule has 0 amide bonds. The van der Waals surface area contributed by atoms with Gasteiger partial charge in [-0.2, -0.15) is 0 Å². The lowest BCUT2D eigenvalue weighted by Gasteiger charge is -2.14. The zero-order chi connectivity index (χ0) is 16.8. The van der Waals surface area contributed by atoms with E-state index in [1.165, 1.54) is 5.56 Å². The lowest BCUT2D eigenvalue weighted by Crippen LogP contribution is -1.98. The normalized spacial score (nSPS) is 11.2. The fraction of sp³-hybridized carbons (Fsp3) is 0.400. The SMILES string of the molecule is CCOc1ccc(CC)c(N=Nc2c(C)cccc2C)c1CC. The highest BCUT2D eigenvalue weighted by Crippen LogP contribution is 2.35. The Labute approximate surface area is 139 Å². The second kappa shape index (κ2) is 7.91. The van der Waals surface area contributed by atoms with Crippen LogP contribution in [0.5, 0.6) is 5.75 Å². The van der Waals surface area contributed by atoms with Gasteiger partial charge in [-0.1, -0.05) is 38.1 Å². The Bertz CT molecular complexity index is 685. The van der Waals surface area contributed by atoms with E-state index in [9.17, 15) is 0 Å². The topological polar surface area (TPSA) is 34.0 Å². The fourth-order valence-electron chi connectivity index (χ4n) is 2.77. The van der Waals surface area contributed by atoms with Gasteiger partial charge in [0, 0.05) is 5.56 Å². The molecule has 122 valence electrons. The van der Waals surface area contributed by atoms with E-state index in [0.29, 0.717) is 6.61 Å². The van der Waals surface area contributed by atoms with Crippen LogP contribution < -0.4 is 4.74 Å². The van der Waals surface area contributed by atoms with Crippen molar-refractivity contribution in [3.8, 4) is 5.75 Å². The summed E-state index contributed by atoms with van der Waals surface area (Å²) in [6.07, 6.45) is 1.81. The molecule has 23 heavy (non-hydrogen) atoms. The number of aryl methyl sites for hydroxylation is 3. The van der Waals surface area contributed by atoms with Gasteiger partial charge in [0.25, 0.3) is 0 Å². The first-order valence-corrected chi connectivity index (χ1v) is 8.37. The van der Waals surface area contributed by atoms with Crippen molar-refractivity contribution in [1.82, 2.24) is 0 Å². The minimum Gasteiger partial charge on any atom is -0.494 e.